The van der Waals surface area contributed by atoms with Crippen molar-refractivity contribution < 1.29 is 19.4 Å². The van der Waals surface area contributed by atoms with Gasteiger partial charge in [0.25, 0.3) is 5.91 Å². The number of methoxy groups -OCH3 is 1. The Hall–Kier alpha value is -2.04. The molecule has 1 aromatic carbocycles. The molecule has 1 heterocycles. The number of rotatable bonds is 4. The molecule has 114 valence electrons. The maximum Gasteiger partial charge on any atom is 0.309 e. The van der Waals surface area contributed by atoms with Crippen LogP contribution in [0.25, 0.3) is 0 Å². The summed E-state index contributed by atoms with van der Waals surface area (Å²) in [5, 5.41) is 9.38. The number of nitrogens with zero attached hydrogens (tertiary/aromatic N) is 1. The minimum absolute atomic E-state index is 0.0657. The van der Waals surface area contributed by atoms with Crippen molar-refractivity contribution >= 4 is 11.9 Å². The molecular weight excluding hydrogens is 270 g/mol. The third-order valence-electron chi connectivity index (χ3n) is 4.45. The van der Waals surface area contributed by atoms with Gasteiger partial charge in [-0.1, -0.05) is 13.0 Å². The van der Waals surface area contributed by atoms with Gasteiger partial charge >= 0.3 is 5.97 Å². The van der Waals surface area contributed by atoms with E-state index in [-0.39, 0.29) is 5.91 Å². The molecule has 0 atom stereocenters. The van der Waals surface area contributed by atoms with E-state index in [1.807, 2.05) is 6.92 Å². The molecule has 0 bridgehead atoms. The first kappa shape index (κ1) is 15.4. The lowest BCUT2D eigenvalue weighted by molar-refractivity contribution is -0.152. The molecule has 1 aromatic rings. The first-order chi connectivity index (χ1) is 10.0. The van der Waals surface area contributed by atoms with Gasteiger partial charge in [0.1, 0.15) is 5.75 Å². The van der Waals surface area contributed by atoms with Crippen LogP contribution in [0.15, 0.2) is 24.3 Å². The van der Waals surface area contributed by atoms with Gasteiger partial charge in [-0.15, -0.1) is 0 Å². The standard InChI is InChI=1S/C16H21NO4/c1-3-16(15(19)20)7-9-17(10-8-16)14(18)12-5-4-6-13(11-12)21-2/h4-6,11H,3,7-10H2,1-2H3,(H,19,20). The third kappa shape index (κ3) is 3.01. The minimum atomic E-state index is -0.751. The van der Waals surface area contributed by atoms with Crippen molar-refractivity contribution in [2.75, 3.05) is 20.2 Å². The average Bonchev–Trinajstić information content (AvgIpc) is 2.54. The molecule has 2 rings (SSSR count). The summed E-state index contributed by atoms with van der Waals surface area (Å²) in [6.07, 6.45) is 1.62. The Labute approximate surface area is 124 Å². The number of carbonyl (C=O) groups excluding carboxylic acids is 1. The summed E-state index contributed by atoms with van der Waals surface area (Å²) in [6, 6.07) is 7.04. The summed E-state index contributed by atoms with van der Waals surface area (Å²) in [5.41, 5.74) is -0.0980. The van der Waals surface area contributed by atoms with Crippen LogP contribution in [0.4, 0.5) is 0 Å². The van der Waals surface area contributed by atoms with E-state index in [9.17, 15) is 14.7 Å². The van der Waals surface area contributed by atoms with E-state index < -0.39 is 11.4 Å². The van der Waals surface area contributed by atoms with Crippen LogP contribution in [0.2, 0.25) is 0 Å². The number of carboxylic acids is 1. The van der Waals surface area contributed by atoms with Crippen LogP contribution in [0.3, 0.4) is 0 Å². The number of aliphatic carboxylic acids is 1. The molecule has 1 aliphatic heterocycles. The van der Waals surface area contributed by atoms with Crippen molar-refractivity contribution in [3.63, 3.8) is 0 Å². The fraction of sp³-hybridized carbons (Fsp3) is 0.500. The molecule has 0 saturated carbocycles. The molecule has 1 saturated heterocycles. The predicted octanol–water partition coefficient (Wildman–Crippen LogP) is 2.41. The molecule has 0 aromatic heterocycles. The van der Waals surface area contributed by atoms with E-state index in [2.05, 4.69) is 0 Å². The minimum Gasteiger partial charge on any atom is -0.497 e. The highest BCUT2D eigenvalue weighted by atomic mass is 16.5. The molecule has 1 N–H and O–H groups in total. The lowest BCUT2D eigenvalue weighted by atomic mass is 9.76. The third-order valence-corrected chi connectivity index (χ3v) is 4.45. The summed E-state index contributed by atoms with van der Waals surface area (Å²) in [6.45, 7) is 2.86. The predicted molar refractivity (Wildman–Crippen MR) is 78.5 cm³/mol. The summed E-state index contributed by atoms with van der Waals surface area (Å²) in [5.74, 6) is -0.172. The van der Waals surface area contributed by atoms with Crippen molar-refractivity contribution in [2.45, 2.75) is 26.2 Å². The first-order valence-electron chi connectivity index (χ1n) is 7.19. The smallest absolute Gasteiger partial charge is 0.309 e. The number of benzene rings is 1. The second-order valence-corrected chi connectivity index (χ2v) is 5.46. The zero-order valence-corrected chi connectivity index (χ0v) is 12.5. The number of hydrogen-bond donors (Lipinski definition) is 1. The molecule has 5 nitrogen and oxygen atoms in total. The van der Waals surface area contributed by atoms with Crippen LogP contribution >= 0.6 is 0 Å². The van der Waals surface area contributed by atoms with Gasteiger partial charge in [-0.05, 0) is 37.5 Å². The quantitative estimate of drug-likeness (QED) is 0.925. The lowest BCUT2D eigenvalue weighted by Crippen LogP contribution is -2.46. The Morgan fingerprint density at radius 1 is 1.33 bits per heavy atom. The Balaban J connectivity index is 2.08. The Morgan fingerprint density at radius 3 is 2.52 bits per heavy atom. The highest BCUT2D eigenvalue weighted by molar-refractivity contribution is 5.94. The highest BCUT2D eigenvalue weighted by Gasteiger charge is 2.40. The molecule has 21 heavy (non-hydrogen) atoms. The second-order valence-electron chi connectivity index (χ2n) is 5.46. The van der Waals surface area contributed by atoms with E-state index in [0.717, 1.165) is 0 Å². The maximum absolute atomic E-state index is 12.5. The molecule has 0 aliphatic carbocycles. The molecular formula is C16H21NO4. The summed E-state index contributed by atoms with van der Waals surface area (Å²) < 4.78 is 5.13. The van der Waals surface area contributed by atoms with Crippen LogP contribution in [0, 0.1) is 5.41 Å². The van der Waals surface area contributed by atoms with E-state index in [1.165, 1.54) is 0 Å². The SMILES string of the molecule is CCC1(C(=O)O)CCN(C(=O)c2cccc(OC)c2)CC1. The summed E-state index contributed by atoms with van der Waals surface area (Å²) in [7, 11) is 1.56. The van der Waals surface area contributed by atoms with Crippen LogP contribution in [-0.2, 0) is 4.79 Å². The van der Waals surface area contributed by atoms with Crippen LogP contribution in [0.5, 0.6) is 5.75 Å². The summed E-state index contributed by atoms with van der Waals surface area (Å²) in [4.78, 5) is 25.6. The Bertz CT molecular complexity index is 533. The van der Waals surface area contributed by atoms with Crippen LogP contribution in [0.1, 0.15) is 36.5 Å². The fourth-order valence-electron chi connectivity index (χ4n) is 2.80. The van der Waals surface area contributed by atoms with Crippen LogP contribution < -0.4 is 4.74 Å². The first-order valence-corrected chi connectivity index (χ1v) is 7.19. The largest absolute Gasteiger partial charge is 0.497 e. The number of hydrogen-bond acceptors (Lipinski definition) is 3. The normalized spacial score (nSPS) is 17.3. The van der Waals surface area contributed by atoms with Crippen LogP contribution in [-0.4, -0.2) is 42.1 Å². The summed E-state index contributed by atoms with van der Waals surface area (Å²) >= 11 is 0. The lowest BCUT2D eigenvalue weighted by Gasteiger charge is -2.38. The molecule has 0 radical (unpaired) electrons. The monoisotopic (exact) mass is 291 g/mol. The average molecular weight is 291 g/mol. The zero-order chi connectivity index (χ0) is 15.5. The van der Waals surface area contributed by atoms with Crippen molar-refractivity contribution in [3.8, 4) is 5.75 Å². The topological polar surface area (TPSA) is 66.8 Å². The molecule has 0 spiro atoms. The number of ether oxygens (including phenoxy) is 1. The van der Waals surface area contributed by atoms with E-state index in [0.29, 0.717) is 43.7 Å². The molecule has 1 amide bonds. The molecule has 1 fully saturated rings. The molecule has 5 heteroatoms. The van der Waals surface area contributed by atoms with Gasteiger partial charge in [-0.3, -0.25) is 9.59 Å². The number of likely N-dealkylation sites (tertiary alicyclic amines) is 1. The second kappa shape index (κ2) is 6.16. The fourth-order valence-corrected chi connectivity index (χ4v) is 2.80. The van der Waals surface area contributed by atoms with Gasteiger partial charge in [-0.25, -0.2) is 0 Å². The highest BCUT2D eigenvalue weighted by Crippen LogP contribution is 2.35. The van der Waals surface area contributed by atoms with E-state index in [1.54, 1.807) is 36.3 Å². The molecule has 0 unspecified atom stereocenters. The van der Waals surface area contributed by atoms with E-state index in [4.69, 9.17) is 4.74 Å². The number of amides is 1. The van der Waals surface area contributed by atoms with Gasteiger partial charge in [0.2, 0.25) is 0 Å². The van der Waals surface area contributed by atoms with Crippen molar-refractivity contribution in [1.82, 2.24) is 4.90 Å². The van der Waals surface area contributed by atoms with Gasteiger partial charge < -0.3 is 14.7 Å². The maximum atomic E-state index is 12.5. The Kier molecular flexibility index (Phi) is 4.50. The van der Waals surface area contributed by atoms with Gasteiger partial charge in [0.15, 0.2) is 0 Å². The zero-order valence-electron chi connectivity index (χ0n) is 12.5. The van der Waals surface area contributed by atoms with Gasteiger partial charge in [0, 0.05) is 18.7 Å². The van der Waals surface area contributed by atoms with Crippen molar-refractivity contribution in [1.29, 1.82) is 0 Å². The Morgan fingerprint density at radius 2 is 2.00 bits per heavy atom. The van der Waals surface area contributed by atoms with Gasteiger partial charge in [-0.2, -0.15) is 0 Å². The number of piperidine rings is 1. The van der Waals surface area contributed by atoms with Crippen molar-refractivity contribution in [3.05, 3.63) is 29.8 Å². The number of carboxylic acid groups (broad SMARTS) is 1. The van der Waals surface area contributed by atoms with Gasteiger partial charge in [0.05, 0.1) is 12.5 Å². The van der Waals surface area contributed by atoms with E-state index >= 15 is 0 Å². The molecule has 1 aliphatic rings. The number of carbonyl (C=O) groups is 2. The van der Waals surface area contributed by atoms with Crippen molar-refractivity contribution in [2.24, 2.45) is 5.41 Å².